The van der Waals surface area contributed by atoms with Gasteiger partial charge in [-0.3, -0.25) is 9.36 Å². The van der Waals surface area contributed by atoms with Crippen molar-refractivity contribution in [3.8, 4) is 0 Å². The summed E-state index contributed by atoms with van der Waals surface area (Å²) in [7, 11) is -3.56. The Kier molecular flexibility index (Phi) is 5.27. The molecule has 0 aliphatic heterocycles. The Morgan fingerprint density at radius 1 is 1.00 bits per heavy atom. The Morgan fingerprint density at radius 3 is 2.37 bits per heavy atom. The van der Waals surface area contributed by atoms with Crippen molar-refractivity contribution in [3.05, 3.63) is 66.4 Å². The molecule has 1 heterocycles. The Labute approximate surface area is 155 Å². The number of benzene rings is 2. The highest BCUT2D eigenvalue weighted by Crippen LogP contribution is 2.22. The zero-order valence-electron chi connectivity index (χ0n) is 14.2. The Hall–Kier alpha value is -3.13. The van der Waals surface area contributed by atoms with E-state index in [1.54, 1.807) is 42.5 Å². The Morgan fingerprint density at radius 2 is 1.67 bits per heavy atom. The minimum atomic E-state index is -3.56. The van der Waals surface area contributed by atoms with Gasteiger partial charge >= 0.3 is 12.1 Å². The van der Waals surface area contributed by atoms with Crippen LogP contribution >= 0.6 is 0 Å². The van der Waals surface area contributed by atoms with Gasteiger partial charge in [-0.05, 0) is 23.8 Å². The summed E-state index contributed by atoms with van der Waals surface area (Å²) in [6, 6.07) is 14.8. The number of carbonyl (C=O) groups excluding carboxylic acids is 1. The minimum absolute atomic E-state index is 0.163. The van der Waals surface area contributed by atoms with Gasteiger partial charge in [0.15, 0.2) is 9.84 Å². The topological polar surface area (TPSA) is 103 Å². The summed E-state index contributed by atoms with van der Waals surface area (Å²) in [4.78, 5) is 23.6. The minimum Gasteiger partial charge on any atom is -0.481 e. The van der Waals surface area contributed by atoms with Crippen molar-refractivity contribution in [2.45, 2.75) is 11.3 Å². The number of rotatable bonds is 6. The molecule has 7 nitrogen and oxygen atoms in total. The largest absolute Gasteiger partial charge is 0.481 e. The van der Waals surface area contributed by atoms with Crippen molar-refractivity contribution in [2.24, 2.45) is 0 Å². The molecule has 0 bridgehead atoms. The lowest BCUT2D eigenvalue weighted by Gasteiger charge is -2.07. The highest BCUT2D eigenvalue weighted by Gasteiger charge is 2.18. The second kappa shape index (κ2) is 7.63. The molecule has 27 heavy (non-hydrogen) atoms. The number of nitrogens with zero attached hydrogens (tertiary/aromatic N) is 1. The van der Waals surface area contributed by atoms with Crippen molar-refractivity contribution in [3.63, 3.8) is 0 Å². The fourth-order valence-electron chi connectivity index (χ4n) is 2.76. The molecule has 2 aromatic carbocycles. The van der Waals surface area contributed by atoms with Gasteiger partial charge in [0.05, 0.1) is 22.6 Å². The number of para-hydroxylation sites is 1. The molecular formula is C19H17NO6S. The average molecular weight is 387 g/mol. The third-order valence-corrected chi connectivity index (χ3v) is 5.71. The van der Waals surface area contributed by atoms with Gasteiger partial charge in [0, 0.05) is 11.6 Å². The van der Waals surface area contributed by atoms with Gasteiger partial charge < -0.3 is 9.84 Å². The van der Waals surface area contributed by atoms with Crippen molar-refractivity contribution in [1.29, 1.82) is 0 Å². The van der Waals surface area contributed by atoms with Gasteiger partial charge in [0.25, 0.3) is 0 Å². The predicted octanol–water partition coefficient (Wildman–Crippen LogP) is 2.73. The number of aliphatic carboxylic acids is 1. The molecule has 0 unspecified atom stereocenters. The maximum absolute atomic E-state index is 12.4. The van der Waals surface area contributed by atoms with E-state index in [1.165, 1.54) is 22.9 Å². The van der Waals surface area contributed by atoms with E-state index in [9.17, 15) is 18.0 Å². The van der Waals surface area contributed by atoms with E-state index in [0.29, 0.717) is 16.5 Å². The fraction of sp³-hybridized carbons (Fsp3) is 0.158. The van der Waals surface area contributed by atoms with Crippen LogP contribution in [0.1, 0.15) is 5.56 Å². The number of carboxylic acid groups (broad SMARTS) is 1. The first kappa shape index (κ1) is 18.7. The highest BCUT2D eigenvalue weighted by molar-refractivity contribution is 7.91. The molecule has 0 radical (unpaired) electrons. The molecule has 0 atom stereocenters. The summed E-state index contributed by atoms with van der Waals surface area (Å²) in [5.41, 5.74) is 0.983. The molecule has 0 saturated heterocycles. The van der Waals surface area contributed by atoms with Crippen molar-refractivity contribution in [1.82, 2.24) is 4.57 Å². The maximum atomic E-state index is 12.4. The van der Waals surface area contributed by atoms with Crippen LogP contribution < -0.4 is 0 Å². The van der Waals surface area contributed by atoms with Gasteiger partial charge in [-0.1, -0.05) is 36.4 Å². The normalized spacial score (nSPS) is 11.4. The first-order valence-corrected chi connectivity index (χ1v) is 9.79. The lowest BCUT2D eigenvalue weighted by Crippen LogP contribution is -2.19. The monoisotopic (exact) mass is 387 g/mol. The third-order valence-electron chi connectivity index (χ3n) is 4.01. The van der Waals surface area contributed by atoms with Crippen molar-refractivity contribution in [2.75, 3.05) is 12.4 Å². The predicted molar refractivity (Wildman–Crippen MR) is 98.5 cm³/mol. The molecule has 0 aliphatic carbocycles. The molecule has 1 N–H and O–H groups in total. The van der Waals surface area contributed by atoms with E-state index in [1.807, 2.05) is 0 Å². The molecule has 8 heteroatoms. The van der Waals surface area contributed by atoms with Gasteiger partial charge in [0.1, 0.15) is 6.61 Å². The second-order valence-corrected chi connectivity index (χ2v) is 7.97. The lowest BCUT2D eigenvalue weighted by atomic mass is 10.1. The van der Waals surface area contributed by atoms with E-state index in [0.717, 1.165) is 0 Å². The molecular weight excluding hydrogens is 370 g/mol. The molecule has 0 spiro atoms. The molecule has 0 amide bonds. The summed E-state index contributed by atoms with van der Waals surface area (Å²) in [6.45, 7) is -0.309. The number of aromatic nitrogens is 1. The van der Waals surface area contributed by atoms with E-state index in [4.69, 9.17) is 9.84 Å². The first-order valence-electron chi connectivity index (χ1n) is 8.14. The highest BCUT2D eigenvalue weighted by atomic mass is 32.2. The smallest absolute Gasteiger partial charge is 0.418 e. The van der Waals surface area contributed by atoms with Crippen molar-refractivity contribution >= 4 is 32.8 Å². The lowest BCUT2D eigenvalue weighted by molar-refractivity contribution is -0.136. The van der Waals surface area contributed by atoms with Crippen LogP contribution in [0.5, 0.6) is 0 Å². The summed E-state index contributed by atoms with van der Waals surface area (Å²) in [6.07, 6.45) is 0.418. The summed E-state index contributed by atoms with van der Waals surface area (Å²) in [5.74, 6) is -1.36. The van der Waals surface area contributed by atoms with Gasteiger partial charge in [-0.25, -0.2) is 13.2 Å². The van der Waals surface area contributed by atoms with Crippen LogP contribution in [0, 0.1) is 0 Å². The van der Waals surface area contributed by atoms with Crippen LogP contribution in [0.4, 0.5) is 4.79 Å². The van der Waals surface area contributed by atoms with E-state index in [-0.39, 0.29) is 23.7 Å². The molecule has 1 aromatic heterocycles. The quantitative estimate of drug-likeness (QED) is 0.698. The molecule has 140 valence electrons. The number of carbonyl (C=O) groups is 2. The SMILES string of the molecule is O=C(O)Cc1cn(C(=O)OCCS(=O)(=O)c2ccccc2)c2ccccc12. The van der Waals surface area contributed by atoms with Gasteiger partial charge in [0.2, 0.25) is 0 Å². The molecule has 0 fully saturated rings. The average Bonchev–Trinajstić information content (AvgIpc) is 3.00. The fourth-order valence-corrected chi connectivity index (χ4v) is 3.87. The number of carboxylic acids is 1. The van der Waals surface area contributed by atoms with Crippen LogP contribution in [0.15, 0.2) is 65.7 Å². The van der Waals surface area contributed by atoms with Crippen LogP contribution in [0.2, 0.25) is 0 Å². The zero-order chi connectivity index (χ0) is 19.4. The zero-order valence-corrected chi connectivity index (χ0v) is 15.1. The summed E-state index contributed by atoms with van der Waals surface area (Å²) < 4.78 is 30.8. The standard InChI is InChI=1S/C19H17NO6S/c21-18(22)12-14-13-20(17-9-5-4-8-16(14)17)19(23)26-10-11-27(24,25)15-6-2-1-3-7-15/h1-9,13H,10-12H2,(H,21,22). The Bertz CT molecular complexity index is 1090. The van der Waals surface area contributed by atoms with Crippen LogP contribution in [0.3, 0.4) is 0 Å². The van der Waals surface area contributed by atoms with Gasteiger partial charge in [-0.2, -0.15) is 0 Å². The maximum Gasteiger partial charge on any atom is 0.418 e. The molecule has 3 aromatic rings. The Balaban J connectivity index is 1.74. The number of ether oxygens (including phenoxy) is 1. The number of fused-ring (bicyclic) bond motifs is 1. The number of hydrogen-bond donors (Lipinski definition) is 1. The van der Waals surface area contributed by atoms with Crippen molar-refractivity contribution < 1.29 is 27.9 Å². The van der Waals surface area contributed by atoms with Crippen LogP contribution in [-0.4, -0.2) is 42.5 Å². The van der Waals surface area contributed by atoms with Gasteiger partial charge in [-0.15, -0.1) is 0 Å². The van der Waals surface area contributed by atoms with E-state index < -0.39 is 21.9 Å². The van der Waals surface area contributed by atoms with Crippen LogP contribution in [0.25, 0.3) is 10.9 Å². The van der Waals surface area contributed by atoms with E-state index in [2.05, 4.69) is 0 Å². The summed E-state index contributed by atoms with van der Waals surface area (Å²) in [5, 5.41) is 9.65. The molecule has 3 rings (SSSR count). The second-order valence-electron chi connectivity index (χ2n) is 5.86. The number of hydrogen-bond acceptors (Lipinski definition) is 5. The van der Waals surface area contributed by atoms with Crippen LogP contribution in [-0.2, 0) is 25.8 Å². The number of sulfone groups is 1. The third kappa shape index (κ3) is 4.17. The first-order chi connectivity index (χ1) is 12.9. The molecule has 0 aliphatic rings. The molecule has 0 saturated carbocycles. The van der Waals surface area contributed by atoms with E-state index >= 15 is 0 Å². The summed E-state index contributed by atoms with van der Waals surface area (Å²) >= 11 is 0.